The van der Waals surface area contributed by atoms with E-state index in [9.17, 15) is 15.3 Å². The molecule has 0 aliphatic rings. The van der Waals surface area contributed by atoms with Crippen molar-refractivity contribution in [1.82, 2.24) is 5.32 Å². The van der Waals surface area contributed by atoms with E-state index >= 15 is 0 Å². The van der Waals surface area contributed by atoms with Gasteiger partial charge in [0.1, 0.15) is 24.5 Å². The molecule has 0 fully saturated rings. The second kappa shape index (κ2) is 8.76. The van der Waals surface area contributed by atoms with Gasteiger partial charge in [-0.05, 0) is 6.42 Å². The summed E-state index contributed by atoms with van der Waals surface area (Å²) in [5, 5.41) is 48.9. The average molecular weight is 253 g/mol. The number of methoxy groups -OCH3 is 1. The highest BCUT2D eigenvalue weighted by molar-refractivity contribution is 4.81. The average Bonchev–Trinajstić information content (AvgIpc) is 2.36. The topological polar surface area (TPSA) is 122 Å². The molecular weight excluding hydrogens is 230 g/mol. The fourth-order valence-electron chi connectivity index (χ4n) is 1.33. The Balaban J connectivity index is 4.08. The van der Waals surface area contributed by atoms with E-state index in [-0.39, 0.29) is 12.8 Å². The molecule has 0 heterocycles. The van der Waals surface area contributed by atoms with E-state index in [0.29, 0.717) is 6.42 Å². The monoisotopic (exact) mass is 253 g/mol. The van der Waals surface area contributed by atoms with Gasteiger partial charge in [0.25, 0.3) is 0 Å². The van der Waals surface area contributed by atoms with Gasteiger partial charge in [0.05, 0.1) is 12.7 Å². The zero-order valence-corrected chi connectivity index (χ0v) is 10.2. The molecule has 0 aromatic heterocycles. The lowest BCUT2D eigenvalue weighted by molar-refractivity contribution is -0.115. The molecule has 0 aliphatic heterocycles. The van der Waals surface area contributed by atoms with Gasteiger partial charge in [-0.1, -0.05) is 6.92 Å². The third kappa shape index (κ3) is 5.73. The van der Waals surface area contributed by atoms with E-state index in [1.54, 1.807) is 0 Å². The largest absolute Gasteiger partial charge is 0.394 e. The predicted octanol–water partition coefficient (Wildman–Crippen LogP) is -2.61. The van der Waals surface area contributed by atoms with Crippen LogP contribution in [0.15, 0.2) is 0 Å². The van der Waals surface area contributed by atoms with E-state index in [2.05, 4.69) is 5.32 Å². The first kappa shape index (κ1) is 16.7. The van der Waals surface area contributed by atoms with Crippen LogP contribution in [0.1, 0.15) is 13.3 Å². The Hall–Kier alpha value is -0.280. The van der Waals surface area contributed by atoms with Gasteiger partial charge in [-0.3, -0.25) is 5.32 Å². The maximum absolute atomic E-state index is 9.55. The van der Waals surface area contributed by atoms with Crippen LogP contribution in [0.3, 0.4) is 0 Å². The minimum absolute atomic E-state index is 0.00270. The molecule has 0 bridgehead atoms. The summed E-state index contributed by atoms with van der Waals surface area (Å²) in [4.78, 5) is 0. The zero-order valence-electron chi connectivity index (χ0n) is 10.2. The summed E-state index contributed by atoms with van der Waals surface area (Å²) in [6.45, 7) is 1.20. The zero-order chi connectivity index (χ0) is 13.4. The summed E-state index contributed by atoms with van der Waals surface area (Å²) in [7, 11) is 1.51. The van der Waals surface area contributed by atoms with Crippen molar-refractivity contribution >= 4 is 0 Å². The summed E-state index contributed by atoms with van der Waals surface area (Å²) in [6, 6.07) is 0. The molecule has 0 saturated heterocycles. The second-order valence-corrected chi connectivity index (χ2v) is 3.84. The van der Waals surface area contributed by atoms with Crippen LogP contribution in [0.4, 0.5) is 0 Å². The van der Waals surface area contributed by atoms with Gasteiger partial charge < -0.3 is 30.3 Å². The van der Waals surface area contributed by atoms with Crippen molar-refractivity contribution in [2.45, 2.75) is 44.0 Å². The van der Waals surface area contributed by atoms with Crippen molar-refractivity contribution in [3.63, 3.8) is 0 Å². The van der Waals surface area contributed by atoms with Crippen molar-refractivity contribution in [3.8, 4) is 0 Å². The number of aliphatic hydroxyl groups is 5. The van der Waals surface area contributed by atoms with E-state index in [0.717, 1.165) is 0 Å². The summed E-state index contributed by atoms with van der Waals surface area (Å²) < 4.78 is 5.00. The van der Waals surface area contributed by atoms with Crippen LogP contribution < -0.4 is 5.32 Å². The van der Waals surface area contributed by atoms with E-state index in [1.807, 2.05) is 6.92 Å². The van der Waals surface area contributed by atoms with Gasteiger partial charge in [-0.15, -0.1) is 0 Å². The maximum Gasteiger partial charge on any atom is 0.111 e. The Bertz CT molecular complexity index is 190. The molecule has 1 unspecified atom stereocenters. The number of hydrogen-bond donors (Lipinski definition) is 6. The van der Waals surface area contributed by atoms with E-state index in [4.69, 9.17) is 14.9 Å². The Morgan fingerprint density at radius 3 is 2.00 bits per heavy atom. The quantitative estimate of drug-likeness (QED) is 0.249. The Kier molecular flexibility index (Phi) is 8.61. The van der Waals surface area contributed by atoms with Gasteiger partial charge in [0, 0.05) is 13.7 Å². The molecule has 17 heavy (non-hydrogen) atoms. The van der Waals surface area contributed by atoms with Crippen LogP contribution in [-0.2, 0) is 4.74 Å². The minimum Gasteiger partial charge on any atom is -0.394 e. The first-order valence-corrected chi connectivity index (χ1v) is 5.57. The normalized spacial score (nSPS) is 20.6. The number of hydrogen-bond acceptors (Lipinski definition) is 7. The highest BCUT2D eigenvalue weighted by Crippen LogP contribution is 2.05. The number of aliphatic hydroxyl groups excluding tert-OH is 5. The van der Waals surface area contributed by atoms with Crippen molar-refractivity contribution in [2.24, 2.45) is 0 Å². The van der Waals surface area contributed by atoms with Crippen LogP contribution in [-0.4, -0.2) is 76.4 Å². The standard InChI is InChI=1S/C10H23NO6/c1-3-8(17-2)11-4-6(13)9(15)10(16)7(14)5-12/h6-16H,3-5H2,1-2H3/t6-,7+,8?,9+,10+/m0/s1. The molecule has 0 saturated carbocycles. The maximum atomic E-state index is 9.55. The van der Waals surface area contributed by atoms with Crippen molar-refractivity contribution in [3.05, 3.63) is 0 Å². The molecule has 0 amide bonds. The highest BCUT2D eigenvalue weighted by Gasteiger charge is 2.29. The van der Waals surface area contributed by atoms with Crippen LogP contribution in [0, 0.1) is 0 Å². The fraction of sp³-hybridized carbons (Fsp3) is 1.00. The van der Waals surface area contributed by atoms with Crippen LogP contribution in [0.2, 0.25) is 0 Å². The third-order valence-corrected chi connectivity index (χ3v) is 2.54. The van der Waals surface area contributed by atoms with Crippen molar-refractivity contribution < 1.29 is 30.3 Å². The minimum atomic E-state index is -1.60. The van der Waals surface area contributed by atoms with Gasteiger partial charge in [0.15, 0.2) is 0 Å². The molecule has 7 heteroatoms. The smallest absolute Gasteiger partial charge is 0.111 e. The number of nitrogens with one attached hydrogen (secondary N) is 1. The second-order valence-electron chi connectivity index (χ2n) is 3.84. The molecule has 0 rings (SSSR count). The molecule has 0 radical (unpaired) electrons. The lowest BCUT2D eigenvalue weighted by Gasteiger charge is -2.27. The molecule has 7 nitrogen and oxygen atoms in total. The van der Waals surface area contributed by atoms with Gasteiger partial charge in [-0.2, -0.15) is 0 Å². The molecule has 0 aromatic carbocycles. The Labute approximate surface area is 101 Å². The van der Waals surface area contributed by atoms with E-state index < -0.39 is 31.0 Å². The molecule has 104 valence electrons. The Morgan fingerprint density at radius 2 is 1.59 bits per heavy atom. The fourth-order valence-corrected chi connectivity index (χ4v) is 1.33. The summed E-state index contributed by atoms with van der Waals surface area (Å²) in [6.07, 6.45) is -5.46. The van der Waals surface area contributed by atoms with Crippen LogP contribution in [0.25, 0.3) is 0 Å². The lowest BCUT2D eigenvalue weighted by atomic mass is 10.0. The SMILES string of the molecule is CCC(NC[C@H](O)[C@@H](O)[C@H](O)[C@H](O)CO)OC. The Morgan fingerprint density at radius 1 is 1.06 bits per heavy atom. The molecule has 0 spiro atoms. The van der Waals surface area contributed by atoms with Crippen LogP contribution >= 0.6 is 0 Å². The third-order valence-electron chi connectivity index (χ3n) is 2.54. The summed E-state index contributed by atoms with van der Waals surface area (Å²) in [5.74, 6) is 0. The first-order valence-electron chi connectivity index (χ1n) is 5.57. The molecule has 6 N–H and O–H groups in total. The van der Waals surface area contributed by atoms with Crippen LogP contribution in [0.5, 0.6) is 0 Å². The summed E-state index contributed by atoms with van der Waals surface area (Å²) >= 11 is 0. The highest BCUT2D eigenvalue weighted by atomic mass is 16.5. The van der Waals surface area contributed by atoms with Gasteiger partial charge >= 0.3 is 0 Å². The van der Waals surface area contributed by atoms with E-state index in [1.165, 1.54) is 7.11 Å². The summed E-state index contributed by atoms with van der Waals surface area (Å²) in [5.41, 5.74) is 0. The first-order chi connectivity index (χ1) is 7.97. The predicted molar refractivity (Wildman–Crippen MR) is 60.2 cm³/mol. The molecule has 0 aliphatic carbocycles. The van der Waals surface area contributed by atoms with Crippen molar-refractivity contribution in [1.29, 1.82) is 0 Å². The molecular formula is C10H23NO6. The molecule has 5 atom stereocenters. The van der Waals surface area contributed by atoms with Gasteiger partial charge in [-0.25, -0.2) is 0 Å². The van der Waals surface area contributed by atoms with Crippen molar-refractivity contribution in [2.75, 3.05) is 20.3 Å². The number of ether oxygens (including phenoxy) is 1. The lowest BCUT2D eigenvalue weighted by Crippen LogP contribution is -2.50. The number of rotatable bonds is 9. The molecule has 0 aromatic rings. The van der Waals surface area contributed by atoms with Gasteiger partial charge in [0.2, 0.25) is 0 Å².